The lowest BCUT2D eigenvalue weighted by molar-refractivity contribution is -0.114. The van der Waals surface area contributed by atoms with Crippen LogP contribution in [-0.2, 0) is 14.8 Å². The molecule has 1 saturated carbocycles. The van der Waals surface area contributed by atoms with Gasteiger partial charge in [0.1, 0.15) is 22.0 Å². The van der Waals surface area contributed by atoms with E-state index in [1.807, 2.05) is 61.9 Å². The molecular formula is C31H30N2O6S. The number of nitrogens with one attached hydrogen (secondary N) is 1. The Bertz CT molecular complexity index is 1650. The van der Waals surface area contributed by atoms with Gasteiger partial charge in [0, 0.05) is 12.0 Å². The number of aryl methyl sites for hydroxylation is 3. The number of carbonyl (C=O) groups is 2. The normalized spacial score (nSPS) is 15.0. The van der Waals surface area contributed by atoms with E-state index in [0.717, 1.165) is 22.3 Å². The van der Waals surface area contributed by atoms with Gasteiger partial charge >= 0.3 is 0 Å². The topological polar surface area (TPSA) is 112 Å². The third-order valence-electron chi connectivity index (χ3n) is 6.70. The number of Topliss-reactive ketones (excluding diaryl/α,β-unsaturated/α-hetero) is 1. The molecule has 0 aliphatic heterocycles. The van der Waals surface area contributed by atoms with E-state index < -0.39 is 26.6 Å². The van der Waals surface area contributed by atoms with Crippen molar-refractivity contribution in [2.45, 2.75) is 40.0 Å². The van der Waals surface area contributed by atoms with Crippen molar-refractivity contribution in [1.82, 2.24) is 9.71 Å². The minimum atomic E-state index is -4.41. The molecule has 206 valence electrons. The largest absolute Gasteiger partial charge is 0.493 e. The number of carbonyl (C=O) groups excluding carboxylic acids is 2. The van der Waals surface area contributed by atoms with Crippen LogP contribution in [0, 0.1) is 26.7 Å². The average molecular weight is 559 g/mol. The van der Waals surface area contributed by atoms with Gasteiger partial charge in [-0.05, 0) is 81.0 Å². The van der Waals surface area contributed by atoms with Gasteiger partial charge in [0.25, 0.3) is 15.9 Å². The molecule has 0 bridgehead atoms. The van der Waals surface area contributed by atoms with Gasteiger partial charge in [0.05, 0.1) is 12.3 Å². The summed E-state index contributed by atoms with van der Waals surface area (Å²) in [7, 11) is -4.41. The standard InChI is InChI=1S/C31H30N2O6S/c1-19-15-20(2)29(21(3)16-19)39-31-25(30(35)33-40(36,37)28-10-5-4-9-27(28)34)13-14-26(32-31)23-7-6-8-24(17-23)38-18-22-11-12-22/h4-8,10,13-17,22H,9,11-12,18H2,1-3H3,(H,33,35). The zero-order chi connectivity index (χ0) is 28.4. The van der Waals surface area contributed by atoms with Gasteiger partial charge < -0.3 is 9.47 Å². The molecule has 5 rings (SSSR count). The maximum absolute atomic E-state index is 13.3. The van der Waals surface area contributed by atoms with Crippen LogP contribution >= 0.6 is 0 Å². The molecule has 0 atom stereocenters. The highest BCUT2D eigenvalue weighted by molar-refractivity contribution is 7.95. The van der Waals surface area contributed by atoms with E-state index in [1.165, 1.54) is 31.1 Å². The highest BCUT2D eigenvalue weighted by atomic mass is 32.2. The van der Waals surface area contributed by atoms with Crippen LogP contribution < -0.4 is 14.2 Å². The van der Waals surface area contributed by atoms with Crippen LogP contribution in [0.1, 0.15) is 46.3 Å². The van der Waals surface area contributed by atoms with Crippen LogP contribution in [0.3, 0.4) is 0 Å². The third kappa shape index (κ3) is 6.15. The van der Waals surface area contributed by atoms with Crippen molar-refractivity contribution in [2.24, 2.45) is 5.92 Å². The molecular weight excluding hydrogens is 528 g/mol. The fourth-order valence-corrected chi connectivity index (χ4v) is 5.62. The predicted octanol–water partition coefficient (Wildman–Crippen LogP) is 5.73. The summed E-state index contributed by atoms with van der Waals surface area (Å²) >= 11 is 0. The van der Waals surface area contributed by atoms with Crippen molar-refractivity contribution in [2.75, 3.05) is 6.61 Å². The first kappa shape index (κ1) is 27.3. The van der Waals surface area contributed by atoms with E-state index in [2.05, 4.69) is 4.98 Å². The maximum Gasteiger partial charge on any atom is 0.270 e. The Kier molecular flexibility index (Phi) is 7.58. The Balaban J connectivity index is 1.51. The van der Waals surface area contributed by atoms with Gasteiger partial charge in [-0.25, -0.2) is 18.1 Å². The zero-order valence-corrected chi connectivity index (χ0v) is 23.4. The van der Waals surface area contributed by atoms with Crippen LogP contribution in [0.5, 0.6) is 17.4 Å². The molecule has 1 amide bonds. The molecule has 0 radical (unpaired) electrons. The highest BCUT2D eigenvalue weighted by Crippen LogP contribution is 2.34. The first-order chi connectivity index (χ1) is 19.1. The summed E-state index contributed by atoms with van der Waals surface area (Å²) in [4.78, 5) is 29.7. The summed E-state index contributed by atoms with van der Waals surface area (Å²) in [5.41, 5.74) is 3.90. The van der Waals surface area contributed by atoms with E-state index in [0.29, 0.717) is 29.7 Å². The van der Waals surface area contributed by atoms with Crippen molar-refractivity contribution in [3.8, 4) is 28.6 Å². The molecule has 2 aliphatic carbocycles. The predicted molar refractivity (Wildman–Crippen MR) is 152 cm³/mol. The van der Waals surface area contributed by atoms with Gasteiger partial charge in [-0.15, -0.1) is 0 Å². The lowest BCUT2D eigenvalue weighted by Crippen LogP contribution is -2.34. The first-order valence-electron chi connectivity index (χ1n) is 13.1. The molecule has 0 unspecified atom stereocenters. The molecule has 1 N–H and O–H groups in total. The molecule has 1 fully saturated rings. The second-order valence-electron chi connectivity index (χ2n) is 10.2. The summed E-state index contributed by atoms with van der Waals surface area (Å²) in [5, 5.41) is 0. The maximum atomic E-state index is 13.3. The minimum absolute atomic E-state index is 0.0546. The number of hydrogen-bond donors (Lipinski definition) is 1. The second-order valence-corrected chi connectivity index (χ2v) is 11.8. The number of ketones is 1. The fraction of sp³-hybridized carbons (Fsp3) is 0.258. The molecule has 9 heteroatoms. The summed E-state index contributed by atoms with van der Waals surface area (Å²) in [5.74, 6) is 0.222. The van der Waals surface area contributed by atoms with E-state index >= 15 is 0 Å². The molecule has 1 heterocycles. The minimum Gasteiger partial charge on any atom is -0.493 e. The Morgan fingerprint density at radius 2 is 1.80 bits per heavy atom. The summed E-state index contributed by atoms with van der Waals surface area (Å²) < 4.78 is 40.0. The van der Waals surface area contributed by atoms with Crippen LogP contribution in [0.4, 0.5) is 0 Å². The van der Waals surface area contributed by atoms with Gasteiger partial charge in [-0.3, -0.25) is 9.59 Å². The number of allylic oxidation sites excluding steroid dienone is 4. The second kappa shape index (κ2) is 11.1. The Labute approximate surface area is 233 Å². The quantitative estimate of drug-likeness (QED) is 0.357. The van der Waals surface area contributed by atoms with E-state index in [-0.39, 0.29) is 17.9 Å². The van der Waals surface area contributed by atoms with Gasteiger partial charge in [-0.2, -0.15) is 0 Å². The summed E-state index contributed by atoms with van der Waals surface area (Å²) in [6.45, 7) is 6.41. The molecule has 40 heavy (non-hydrogen) atoms. The van der Waals surface area contributed by atoms with E-state index in [9.17, 15) is 18.0 Å². The molecule has 0 spiro atoms. The Morgan fingerprint density at radius 3 is 2.50 bits per heavy atom. The van der Waals surface area contributed by atoms with Crippen molar-refractivity contribution >= 4 is 21.7 Å². The summed E-state index contributed by atoms with van der Waals surface area (Å²) in [6.07, 6.45) is 6.51. The molecule has 2 aliphatic rings. The molecule has 0 saturated heterocycles. The third-order valence-corrected chi connectivity index (χ3v) is 8.10. The fourth-order valence-electron chi connectivity index (χ4n) is 4.52. The van der Waals surface area contributed by atoms with Crippen LogP contribution in [0.2, 0.25) is 0 Å². The zero-order valence-electron chi connectivity index (χ0n) is 22.6. The number of benzene rings is 2. The van der Waals surface area contributed by atoms with Crippen LogP contribution in [-0.4, -0.2) is 31.7 Å². The number of nitrogens with zero attached hydrogens (tertiary/aromatic N) is 1. The van der Waals surface area contributed by atoms with Gasteiger partial charge in [-0.1, -0.05) is 42.0 Å². The van der Waals surface area contributed by atoms with Crippen LogP contribution in [0.25, 0.3) is 11.3 Å². The van der Waals surface area contributed by atoms with Gasteiger partial charge in [0.15, 0.2) is 5.78 Å². The molecule has 8 nitrogen and oxygen atoms in total. The number of ether oxygens (including phenoxy) is 2. The number of amides is 1. The first-order valence-corrected chi connectivity index (χ1v) is 14.6. The van der Waals surface area contributed by atoms with E-state index in [1.54, 1.807) is 12.1 Å². The van der Waals surface area contributed by atoms with Crippen molar-refractivity contribution in [3.05, 3.63) is 93.9 Å². The lowest BCUT2D eigenvalue weighted by atomic mass is 10.1. The van der Waals surface area contributed by atoms with Crippen molar-refractivity contribution < 1.29 is 27.5 Å². The highest BCUT2D eigenvalue weighted by Gasteiger charge is 2.29. The average Bonchev–Trinajstić information content (AvgIpc) is 3.74. The Hall–Kier alpha value is -4.24. The van der Waals surface area contributed by atoms with Gasteiger partial charge in [0.2, 0.25) is 5.88 Å². The number of rotatable bonds is 9. The Morgan fingerprint density at radius 1 is 1.05 bits per heavy atom. The smallest absolute Gasteiger partial charge is 0.270 e. The molecule has 2 aromatic carbocycles. The van der Waals surface area contributed by atoms with Crippen molar-refractivity contribution in [3.63, 3.8) is 0 Å². The number of sulfonamides is 1. The van der Waals surface area contributed by atoms with Crippen molar-refractivity contribution in [1.29, 1.82) is 0 Å². The lowest BCUT2D eigenvalue weighted by Gasteiger charge is -2.16. The monoisotopic (exact) mass is 558 g/mol. The SMILES string of the molecule is Cc1cc(C)c(Oc2nc(-c3cccc(OCC4CC4)c3)ccc2C(=O)NS(=O)(=O)C2=CC=CCC2=O)c(C)c1. The van der Waals surface area contributed by atoms with Crippen LogP contribution in [0.15, 0.2) is 71.7 Å². The number of pyridine rings is 1. The number of aromatic nitrogens is 1. The molecule has 1 aromatic heterocycles. The van der Waals surface area contributed by atoms with E-state index in [4.69, 9.17) is 9.47 Å². The summed E-state index contributed by atoms with van der Waals surface area (Å²) in [6, 6.07) is 14.5. The number of hydrogen-bond acceptors (Lipinski definition) is 7. The molecule has 3 aromatic rings.